The summed E-state index contributed by atoms with van der Waals surface area (Å²) in [5.41, 5.74) is 1.29. The van der Waals surface area contributed by atoms with Gasteiger partial charge >= 0.3 is 18.3 Å². The van der Waals surface area contributed by atoms with Gasteiger partial charge in [0, 0.05) is 83.1 Å². The second-order valence-electron chi connectivity index (χ2n) is 13.5. The molecule has 0 saturated carbocycles. The first kappa shape index (κ1) is 35.3. The second kappa shape index (κ2) is 15.1. The first-order valence-corrected chi connectivity index (χ1v) is 17.5. The van der Waals surface area contributed by atoms with Crippen molar-refractivity contribution in [2.24, 2.45) is 0 Å². The number of nitrogens with zero attached hydrogens (tertiary/aromatic N) is 5. The van der Waals surface area contributed by atoms with Crippen LogP contribution in [0.2, 0.25) is 5.02 Å². The fraction of sp³-hybridized carbons (Fsp3) is 0.571. The summed E-state index contributed by atoms with van der Waals surface area (Å²) < 4.78 is 46.0. The first-order valence-electron chi connectivity index (χ1n) is 17.1. The normalized spacial score (nSPS) is 21.2. The summed E-state index contributed by atoms with van der Waals surface area (Å²) in [6.07, 6.45) is -3.20. The van der Waals surface area contributed by atoms with Gasteiger partial charge in [-0.25, -0.2) is 9.59 Å². The monoisotopic (exact) mass is 704 g/mol. The van der Waals surface area contributed by atoms with Crippen LogP contribution in [-0.4, -0.2) is 127 Å². The van der Waals surface area contributed by atoms with Crippen molar-refractivity contribution in [3.05, 3.63) is 64.2 Å². The highest BCUT2D eigenvalue weighted by Gasteiger charge is 2.37. The number of urea groups is 1. The largest absolute Gasteiger partial charge is 0.436 e. The van der Waals surface area contributed by atoms with Gasteiger partial charge in [0.2, 0.25) is 0 Å². The Labute approximate surface area is 290 Å². The highest BCUT2D eigenvalue weighted by atomic mass is 35.5. The predicted molar refractivity (Wildman–Crippen MR) is 180 cm³/mol. The highest BCUT2D eigenvalue weighted by Crippen LogP contribution is 2.35. The molecule has 14 heteroatoms. The van der Waals surface area contributed by atoms with E-state index in [0.717, 1.165) is 62.8 Å². The molecule has 0 radical (unpaired) electrons. The van der Waals surface area contributed by atoms with Crippen LogP contribution in [0.5, 0.6) is 0 Å². The van der Waals surface area contributed by atoms with Crippen molar-refractivity contribution < 1.29 is 32.3 Å². The summed E-state index contributed by atoms with van der Waals surface area (Å²) in [6, 6.07) is 11.2. The minimum atomic E-state index is -4.62. The second-order valence-corrected chi connectivity index (χ2v) is 13.9. The van der Waals surface area contributed by atoms with E-state index in [1.165, 1.54) is 12.1 Å². The zero-order chi connectivity index (χ0) is 34.7. The molecule has 3 fully saturated rings. The number of amides is 4. The summed E-state index contributed by atoms with van der Waals surface area (Å²) >= 11 is 6.01. The van der Waals surface area contributed by atoms with Crippen molar-refractivity contribution >= 4 is 35.3 Å². The van der Waals surface area contributed by atoms with Gasteiger partial charge in [-0.2, -0.15) is 13.2 Å². The number of hydrogen-bond acceptors (Lipinski definition) is 6. The van der Waals surface area contributed by atoms with Crippen molar-refractivity contribution in [3.8, 4) is 0 Å². The van der Waals surface area contributed by atoms with Crippen molar-refractivity contribution in [1.82, 2.24) is 24.5 Å². The van der Waals surface area contributed by atoms with Crippen LogP contribution < -0.4 is 5.32 Å². The number of alkyl halides is 3. The molecule has 4 amide bonds. The number of para-hydroxylation sites is 1. The Morgan fingerprint density at radius 2 is 1.55 bits per heavy atom. The third-order valence-corrected chi connectivity index (χ3v) is 10.7. The average molecular weight is 705 g/mol. The molecule has 2 aromatic carbocycles. The average Bonchev–Trinajstić information content (AvgIpc) is 3.25. The minimum absolute atomic E-state index is 0.0633. The standard InChI is InChI=1S/C35H44ClF3N6O4/c1-41-18-20-42(21-19-41)26-9-13-43(14-10-26)32(46)31(23-24-6-7-28(29(36)22-24)35(37,38)39)49-34(48)44-15-11-27(12-16-44)45-17-8-25-4-2-3-5-30(25)40-33(45)47/h2-7,22,26-27,31H,8-21,23H2,1H3,(H,40,47). The van der Waals surface area contributed by atoms with Crippen molar-refractivity contribution in [2.75, 3.05) is 71.3 Å². The van der Waals surface area contributed by atoms with E-state index in [9.17, 15) is 27.6 Å². The maximum absolute atomic E-state index is 13.9. The van der Waals surface area contributed by atoms with Gasteiger partial charge in [0.25, 0.3) is 5.91 Å². The van der Waals surface area contributed by atoms with Crippen LogP contribution in [0.3, 0.4) is 0 Å². The Kier molecular flexibility index (Phi) is 10.9. The van der Waals surface area contributed by atoms with Crippen molar-refractivity contribution in [2.45, 2.75) is 62.9 Å². The van der Waals surface area contributed by atoms with Gasteiger partial charge in [0.1, 0.15) is 0 Å². The molecule has 4 heterocycles. The molecule has 2 aromatic rings. The third kappa shape index (κ3) is 8.43. The molecule has 10 nitrogen and oxygen atoms in total. The van der Waals surface area contributed by atoms with E-state index in [0.29, 0.717) is 57.2 Å². The summed E-state index contributed by atoms with van der Waals surface area (Å²) in [4.78, 5) is 50.4. The molecule has 1 atom stereocenters. The fourth-order valence-corrected chi connectivity index (χ4v) is 7.76. The van der Waals surface area contributed by atoms with Crippen LogP contribution in [0.25, 0.3) is 0 Å². The molecule has 1 unspecified atom stereocenters. The number of anilines is 1. The Morgan fingerprint density at radius 1 is 0.898 bits per heavy atom. The van der Waals surface area contributed by atoms with Crippen LogP contribution in [0, 0.1) is 0 Å². The van der Waals surface area contributed by atoms with E-state index in [1.807, 2.05) is 29.2 Å². The number of likely N-dealkylation sites (N-methyl/N-ethyl adjacent to an activating group) is 1. The van der Waals surface area contributed by atoms with Gasteiger partial charge in [0.15, 0.2) is 6.10 Å². The number of piperazine rings is 1. The van der Waals surface area contributed by atoms with Gasteiger partial charge in [-0.1, -0.05) is 35.9 Å². The lowest BCUT2D eigenvalue weighted by Crippen LogP contribution is -2.54. The summed E-state index contributed by atoms with van der Waals surface area (Å²) in [6.45, 7) is 6.22. The number of likely N-dealkylation sites (tertiary alicyclic amines) is 2. The maximum atomic E-state index is 13.9. The van der Waals surface area contributed by atoms with Crippen LogP contribution in [0.1, 0.15) is 42.4 Å². The van der Waals surface area contributed by atoms with E-state index < -0.39 is 29.0 Å². The van der Waals surface area contributed by atoms with Gasteiger partial charge in [-0.05, 0) is 68.5 Å². The molecule has 4 aliphatic heterocycles. The molecule has 0 aliphatic carbocycles. The number of carbonyl (C=O) groups is 3. The molecule has 1 N–H and O–H groups in total. The zero-order valence-corrected chi connectivity index (χ0v) is 28.5. The Morgan fingerprint density at radius 3 is 2.22 bits per heavy atom. The molecule has 6 rings (SSSR count). The fourth-order valence-electron chi connectivity index (χ4n) is 7.45. The Bertz CT molecular complexity index is 1500. The molecular formula is C35H44ClF3N6O4. The number of piperidine rings is 2. The predicted octanol–water partition coefficient (Wildman–Crippen LogP) is 5.20. The topological polar surface area (TPSA) is 88.7 Å². The maximum Gasteiger partial charge on any atom is 0.417 e. The number of halogens is 4. The van der Waals surface area contributed by atoms with E-state index in [1.54, 1.807) is 9.80 Å². The first-order chi connectivity index (χ1) is 23.5. The number of benzene rings is 2. The lowest BCUT2D eigenvalue weighted by Gasteiger charge is -2.42. The molecule has 0 aromatic heterocycles. The molecule has 266 valence electrons. The number of fused-ring (bicyclic) bond motifs is 1. The highest BCUT2D eigenvalue weighted by molar-refractivity contribution is 6.31. The van der Waals surface area contributed by atoms with Crippen LogP contribution in [0.15, 0.2) is 42.5 Å². The van der Waals surface area contributed by atoms with E-state index in [2.05, 4.69) is 22.2 Å². The zero-order valence-electron chi connectivity index (χ0n) is 27.8. The summed E-state index contributed by atoms with van der Waals surface area (Å²) in [7, 11) is 2.11. The number of hydrogen-bond donors (Lipinski definition) is 1. The number of rotatable bonds is 6. The van der Waals surface area contributed by atoms with Crippen molar-refractivity contribution in [1.29, 1.82) is 0 Å². The number of nitrogens with one attached hydrogen (secondary N) is 1. The lowest BCUT2D eigenvalue weighted by atomic mass is 10.00. The molecule has 4 aliphatic rings. The van der Waals surface area contributed by atoms with Gasteiger partial charge in [-0.15, -0.1) is 0 Å². The van der Waals surface area contributed by atoms with Crippen molar-refractivity contribution in [3.63, 3.8) is 0 Å². The van der Waals surface area contributed by atoms with Gasteiger partial charge in [0.05, 0.1) is 10.6 Å². The van der Waals surface area contributed by atoms with Gasteiger partial charge < -0.3 is 29.7 Å². The van der Waals surface area contributed by atoms with Crippen LogP contribution in [0.4, 0.5) is 28.4 Å². The van der Waals surface area contributed by atoms with E-state index in [-0.39, 0.29) is 24.4 Å². The lowest BCUT2D eigenvalue weighted by molar-refractivity contribution is -0.142. The molecule has 0 spiro atoms. The SMILES string of the molecule is CN1CCN(C2CCN(C(=O)C(Cc3ccc(C(F)(F)F)c(Cl)c3)OC(=O)N3CCC(N4CCc5ccccc5NC4=O)CC3)CC2)CC1. The summed E-state index contributed by atoms with van der Waals surface area (Å²) in [5, 5.41) is 2.52. The van der Waals surface area contributed by atoms with Gasteiger partial charge in [-0.3, -0.25) is 9.69 Å². The Hall–Kier alpha value is -3.55. The minimum Gasteiger partial charge on any atom is -0.436 e. The number of carbonyl (C=O) groups excluding carboxylic acids is 3. The van der Waals surface area contributed by atoms with Crippen LogP contribution in [-0.2, 0) is 28.5 Å². The third-order valence-electron chi connectivity index (χ3n) is 10.4. The molecule has 3 saturated heterocycles. The molecular weight excluding hydrogens is 661 g/mol. The molecule has 0 bridgehead atoms. The quantitative estimate of drug-likeness (QED) is 0.445. The molecule has 49 heavy (non-hydrogen) atoms. The van der Waals surface area contributed by atoms with Crippen LogP contribution >= 0.6 is 11.6 Å². The Balaban J connectivity index is 1.09. The summed E-state index contributed by atoms with van der Waals surface area (Å²) in [5.74, 6) is -0.364. The van der Waals surface area contributed by atoms with E-state index in [4.69, 9.17) is 16.3 Å². The van der Waals surface area contributed by atoms with E-state index >= 15 is 0 Å². The smallest absolute Gasteiger partial charge is 0.417 e. The number of ether oxygens (including phenoxy) is 1.